The molecule has 0 aliphatic carbocycles. The molecule has 1 aromatic heterocycles. The van der Waals surface area contributed by atoms with E-state index in [9.17, 15) is 14.4 Å². The summed E-state index contributed by atoms with van der Waals surface area (Å²) < 4.78 is 4.45. The van der Waals surface area contributed by atoms with Crippen LogP contribution in [0.4, 0.5) is 5.00 Å². The smallest absolute Gasteiger partial charge is 0.307 e. The van der Waals surface area contributed by atoms with Crippen LogP contribution in [0.5, 0.6) is 0 Å². The molecule has 1 heterocycles. The molecule has 0 saturated heterocycles. The Kier molecular flexibility index (Phi) is 5.31. The average molecular weight is 270 g/mol. The average Bonchev–Trinajstić information content (AvgIpc) is 2.76. The summed E-state index contributed by atoms with van der Waals surface area (Å²) in [5.41, 5.74) is 0. The topological polar surface area (TPSA) is 84.5 Å². The van der Waals surface area contributed by atoms with E-state index in [1.54, 1.807) is 12.1 Å². The van der Waals surface area contributed by atoms with E-state index in [0.717, 1.165) is 0 Å². The monoisotopic (exact) mass is 270 g/mol. The van der Waals surface area contributed by atoms with E-state index in [-0.39, 0.29) is 30.7 Å². The third-order valence-corrected chi connectivity index (χ3v) is 2.97. The van der Waals surface area contributed by atoms with Crippen molar-refractivity contribution in [2.75, 3.05) is 19.0 Å². The molecule has 2 amide bonds. The maximum atomic E-state index is 11.6. The predicted molar refractivity (Wildman–Crippen MR) is 67.6 cm³/mol. The lowest BCUT2D eigenvalue weighted by atomic mass is 10.4. The van der Waals surface area contributed by atoms with E-state index in [4.69, 9.17) is 0 Å². The number of amides is 2. The first-order valence-electron chi connectivity index (χ1n) is 5.25. The normalized spacial score (nSPS) is 9.67. The molecule has 0 saturated carbocycles. The molecule has 0 aromatic carbocycles. The number of hydrogen-bond acceptors (Lipinski definition) is 5. The minimum Gasteiger partial charge on any atom is -0.469 e. The Morgan fingerprint density at radius 2 is 2.06 bits per heavy atom. The number of carbonyl (C=O) groups excluding carboxylic acids is 3. The Bertz CT molecular complexity index is 456. The van der Waals surface area contributed by atoms with Gasteiger partial charge in [0.05, 0.1) is 23.4 Å². The number of nitrogens with one attached hydrogen (secondary N) is 2. The van der Waals surface area contributed by atoms with Crippen molar-refractivity contribution in [2.24, 2.45) is 0 Å². The zero-order chi connectivity index (χ0) is 13.5. The molecule has 0 bridgehead atoms. The van der Waals surface area contributed by atoms with E-state index in [0.29, 0.717) is 9.88 Å². The van der Waals surface area contributed by atoms with Crippen molar-refractivity contribution in [3.63, 3.8) is 0 Å². The fourth-order valence-electron chi connectivity index (χ4n) is 1.17. The van der Waals surface area contributed by atoms with Crippen LogP contribution in [0, 0.1) is 0 Å². The number of thiophene rings is 1. The van der Waals surface area contributed by atoms with Gasteiger partial charge in [-0.15, -0.1) is 11.3 Å². The summed E-state index contributed by atoms with van der Waals surface area (Å²) >= 11 is 1.17. The number of ether oxygens (including phenoxy) is 1. The van der Waals surface area contributed by atoms with Crippen molar-refractivity contribution in [1.82, 2.24) is 5.32 Å². The molecular formula is C11H14N2O4S. The first-order chi connectivity index (χ1) is 8.52. The number of rotatable bonds is 5. The van der Waals surface area contributed by atoms with Crippen molar-refractivity contribution >= 4 is 34.1 Å². The Balaban J connectivity index is 2.44. The van der Waals surface area contributed by atoms with E-state index < -0.39 is 0 Å². The van der Waals surface area contributed by atoms with Crippen LogP contribution in [-0.4, -0.2) is 31.4 Å². The van der Waals surface area contributed by atoms with Crippen molar-refractivity contribution in [1.29, 1.82) is 0 Å². The van der Waals surface area contributed by atoms with Crippen LogP contribution in [0.3, 0.4) is 0 Å². The Hall–Kier alpha value is -1.89. The Morgan fingerprint density at radius 1 is 1.33 bits per heavy atom. The SMILES string of the molecule is COC(=O)CCNC(=O)c1ccc(NC(C)=O)s1. The predicted octanol–water partition coefficient (Wildman–Crippen LogP) is 0.999. The second kappa shape index (κ2) is 6.75. The van der Waals surface area contributed by atoms with E-state index in [1.165, 1.54) is 25.4 Å². The van der Waals surface area contributed by atoms with E-state index in [2.05, 4.69) is 15.4 Å². The number of esters is 1. The molecule has 7 heteroatoms. The standard InChI is InChI=1S/C11H14N2O4S/c1-7(14)13-9-4-3-8(18-9)11(16)12-6-5-10(15)17-2/h3-4H,5-6H2,1-2H3,(H,12,16)(H,13,14). The molecule has 1 rings (SSSR count). The molecule has 2 N–H and O–H groups in total. The third-order valence-electron chi connectivity index (χ3n) is 1.97. The van der Waals surface area contributed by atoms with Gasteiger partial charge in [-0.05, 0) is 12.1 Å². The molecule has 98 valence electrons. The molecule has 1 aromatic rings. The minimum atomic E-state index is -0.375. The van der Waals surface area contributed by atoms with Crippen LogP contribution >= 0.6 is 11.3 Å². The van der Waals surface area contributed by atoms with E-state index >= 15 is 0 Å². The second-order valence-corrected chi connectivity index (χ2v) is 4.51. The molecule has 0 aliphatic heterocycles. The zero-order valence-corrected chi connectivity index (χ0v) is 10.9. The number of anilines is 1. The number of carbonyl (C=O) groups is 3. The molecule has 0 radical (unpaired) electrons. The number of hydrogen-bond donors (Lipinski definition) is 2. The van der Waals surface area contributed by atoms with Gasteiger partial charge in [-0.2, -0.15) is 0 Å². The lowest BCUT2D eigenvalue weighted by Crippen LogP contribution is -2.25. The fourth-order valence-corrected chi connectivity index (χ4v) is 2.04. The largest absolute Gasteiger partial charge is 0.469 e. The van der Waals surface area contributed by atoms with Crippen molar-refractivity contribution < 1.29 is 19.1 Å². The van der Waals surface area contributed by atoms with Crippen molar-refractivity contribution in [3.05, 3.63) is 17.0 Å². The highest BCUT2D eigenvalue weighted by Crippen LogP contribution is 2.21. The first kappa shape index (κ1) is 14.2. The maximum absolute atomic E-state index is 11.6. The Morgan fingerprint density at radius 3 is 2.67 bits per heavy atom. The summed E-state index contributed by atoms with van der Waals surface area (Å²) in [6.07, 6.45) is 0.131. The summed E-state index contributed by atoms with van der Waals surface area (Å²) in [6, 6.07) is 3.27. The summed E-state index contributed by atoms with van der Waals surface area (Å²) in [5.74, 6) is -0.838. The van der Waals surface area contributed by atoms with Crippen LogP contribution in [0.2, 0.25) is 0 Å². The molecule has 0 unspecified atom stereocenters. The van der Waals surface area contributed by atoms with Gasteiger partial charge in [0.2, 0.25) is 5.91 Å². The molecular weight excluding hydrogens is 256 g/mol. The highest BCUT2D eigenvalue weighted by molar-refractivity contribution is 7.18. The van der Waals surface area contributed by atoms with Crippen LogP contribution in [0.25, 0.3) is 0 Å². The maximum Gasteiger partial charge on any atom is 0.307 e. The summed E-state index contributed by atoms with van der Waals surface area (Å²) in [4.78, 5) is 33.8. The van der Waals surface area contributed by atoms with Gasteiger partial charge in [0.15, 0.2) is 0 Å². The highest BCUT2D eigenvalue weighted by Gasteiger charge is 2.10. The van der Waals surface area contributed by atoms with Crippen LogP contribution in [0.1, 0.15) is 23.0 Å². The van der Waals surface area contributed by atoms with Gasteiger partial charge in [-0.25, -0.2) is 0 Å². The quantitative estimate of drug-likeness (QED) is 0.782. The fraction of sp³-hybridized carbons (Fsp3) is 0.364. The van der Waals surface area contributed by atoms with Gasteiger partial charge in [0.25, 0.3) is 5.91 Å². The van der Waals surface area contributed by atoms with Gasteiger partial charge in [-0.3, -0.25) is 14.4 Å². The summed E-state index contributed by atoms with van der Waals surface area (Å²) in [6.45, 7) is 1.62. The second-order valence-electron chi connectivity index (χ2n) is 3.43. The molecule has 0 spiro atoms. The van der Waals surface area contributed by atoms with E-state index in [1.807, 2.05) is 0 Å². The lowest BCUT2D eigenvalue weighted by molar-refractivity contribution is -0.140. The van der Waals surface area contributed by atoms with Crippen LogP contribution < -0.4 is 10.6 Å². The number of methoxy groups -OCH3 is 1. The van der Waals surface area contributed by atoms with Crippen molar-refractivity contribution in [3.8, 4) is 0 Å². The first-order valence-corrected chi connectivity index (χ1v) is 6.07. The molecule has 0 atom stereocenters. The zero-order valence-electron chi connectivity index (χ0n) is 10.1. The summed E-state index contributed by atoms with van der Waals surface area (Å²) in [7, 11) is 1.29. The molecule has 6 nitrogen and oxygen atoms in total. The highest BCUT2D eigenvalue weighted by atomic mass is 32.1. The molecule has 0 aliphatic rings. The van der Waals surface area contributed by atoms with Gasteiger partial charge in [0, 0.05) is 13.5 Å². The molecule has 0 fully saturated rings. The van der Waals surface area contributed by atoms with Crippen LogP contribution in [0.15, 0.2) is 12.1 Å². The van der Waals surface area contributed by atoms with Gasteiger partial charge in [0.1, 0.15) is 0 Å². The molecule has 18 heavy (non-hydrogen) atoms. The lowest BCUT2D eigenvalue weighted by Gasteiger charge is -2.02. The summed E-state index contributed by atoms with van der Waals surface area (Å²) in [5, 5.41) is 5.79. The van der Waals surface area contributed by atoms with Crippen molar-refractivity contribution in [2.45, 2.75) is 13.3 Å². The van der Waals surface area contributed by atoms with Gasteiger partial charge < -0.3 is 15.4 Å². The third kappa shape index (κ3) is 4.54. The minimum absolute atomic E-state index is 0.131. The van der Waals surface area contributed by atoms with Crippen LogP contribution in [-0.2, 0) is 14.3 Å². The Labute approximate surface area is 108 Å². The van der Waals surface area contributed by atoms with Gasteiger partial charge >= 0.3 is 5.97 Å². The van der Waals surface area contributed by atoms with Gasteiger partial charge in [-0.1, -0.05) is 0 Å².